The molecule has 1 amide bonds. The van der Waals surface area contributed by atoms with Gasteiger partial charge in [0, 0.05) is 35.9 Å². The number of anilines is 2. The fourth-order valence-corrected chi connectivity index (χ4v) is 3.82. The van der Waals surface area contributed by atoms with E-state index in [0.29, 0.717) is 17.9 Å². The molecule has 1 aromatic heterocycles. The normalized spacial score (nSPS) is 13.5. The first-order valence-corrected chi connectivity index (χ1v) is 9.75. The summed E-state index contributed by atoms with van der Waals surface area (Å²) in [4.78, 5) is 19.2. The van der Waals surface area contributed by atoms with E-state index in [1.807, 2.05) is 17.5 Å². The van der Waals surface area contributed by atoms with E-state index in [9.17, 15) is 4.79 Å². The van der Waals surface area contributed by atoms with Gasteiger partial charge in [0.05, 0.1) is 11.6 Å². The number of fused-ring (bicyclic) bond motifs is 1. The maximum atomic E-state index is 12.7. The van der Waals surface area contributed by atoms with Crippen molar-refractivity contribution < 1.29 is 9.53 Å². The SMILES string of the molecule is C[C@@H](Oc1cccc(C#N)c1)C(=O)Nc1cccc2c1CN(c1nccs1)C2. The number of benzene rings is 2. The number of nitrogens with one attached hydrogen (secondary N) is 1. The van der Waals surface area contributed by atoms with Gasteiger partial charge in [0.2, 0.25) is 0 Å². The molecule has 0 unspecified atom stereocenters. The molecule has 0 bridgehead atoms. The Morgan fingerprint density at radius 2 is 2.18 bits per heavy atom. The molecule has 0 saturated carbocycles. The number of hydrogen-bond acceptors (Lipinski definition) is 6. The highest BCUT2D eigenvalue weighted by molar-refractivity contribution is 7.13. The summed E-state index contributed by atoms with van der Waals surface area (Å²) in [6, 6.07) is 14.8. The number of thiazole rings is 1. The minimum atomic E-state index is -0.693. The molecular weight excluding hydrogens is 372 g/mol. The number of carbonyl (C=O) groups excluding carboxylic acids is 1. The Labute approximate surface area is 167 Å². The van der Waals surface area contributed by atoms with Crippen LogP contribution in [0.1, 0.15) is 23.6 Å². The molecule has 2 heterocycles. The van der Waals surface area contributed by atoms with Crippen LogP contribution in [0.5, 0.6) is 5.75 Å². The van der Waals surface area contributed by atoms with Crippen LogP contribution < -0.4 is 15.0 Å². The predicted octanol–water partition coefficient (Wildman–Crippen LogP) is 3.94. The van der Waals surface area contributed by atoms with E-state index in [1.54, 1.807) is 48.7 Å². The predicted molar refractivity (Wildman–Crippen MR) is 108 cm³/mol. The van der Waals surface area contributed by atoms with E-state index in [0.717, 1.165) is 22.9 Å². The molecule has 6 nitrogen and oxygen atoms in total. The fraction of sp³-hybridized carbons (Fsp3) is 0.190. The fourth-order valence-electron chi connectivity index (χ4n) is 3.18. The molecule has 0 saturated heterocycles. The van der Waals surface area contributed by atoms with Crippen LogP contribution in [0.15, 0.2) is 54.0 Å². The first kappa shape index (κ1) is 18.0. The number of amides is 1. The Morgan fingerprint density at radius 1 is 1.32 bits per heavy atom. The van der Waals surface area contributed by atoms with Crippen molar-refractivity contribution in [1.82, 2.24) is 4.98 Å². The molecule has 140 valence electrons. The molecule has 1 aliphatic heterocycles. The molecule has 1 aliphatic rings. The zero-order chi connectivity index (χ0) is 19.5. The molecule has 1 N–H and O–H groups in total. The smallest absolute Gasteiger partial charge is 0.265 e. The summed E-state index contributed by atoms with van der Waals surface area (Å²) >= 11 is 1.60. The summed E-state index contributed by atoms with van der Waals surface area (Å²) in [7, 11) is 0. The van der Waals surface area contributed by atoms with E-state index >= 15 is 0 Å². The van der Waals surface area contributed by atoms with Crippen LogP contribution in [-0.2, 0) is 17.9 Å². The van der Waals surface area contributed by atoms with Gasteiger partial charge in [0.15, 0.2) is 11.2 Å². The highest BCUT2D eigenvalue weighted by Crippen LogP contribution is 2.33. The number of hydrogen-bond donors (Lipinski definition) is 1. The van der Waals surface area contributed by atoms with E-state index in [2.05, 4.69) is 27.3 Å². The van der Waals surface area contributed by atoms with Crippen LogP contribution in [0.2, 0.25) is 0 Å². The van der Waals surface area contributed by atoms with Crippen LogP contribution in [-0.4, -0.2) is 17.0 Å². The minimum absolute atomic E-state index is 0.233. The second kappa shape index (κ2) is 7.71. The standard InChI is InChI=1S/C21H18N4O2S/c1-14(27-17-6-2-4-15(10-17)11-22)20(26)24-19-7-3-5-16-12-25(13-18(16)19)21-23-8-9-28-21/h2-10,14H,12-13H2,1H3,(H,24,26)/t14-/m1/s1. The van der Waals surface area contributed by atoms with Gasteiger partial charge < -0.3 is 15.0 Å². The Morgan fingerprint density at radius 3 is 2.96 bits per heavy atom. The summed E-state index contributed by atoms with van der Waals surface area (Å²) < 4.78 is 5.71. The van der Waals surface area contributed by atoms with Gasteiger partial charge in [-0.05, 0) is 36.8 Å². The summed E-state index contributed by atoms with van der Waals surface area (Å²) in [5.74, 6) is 0.262. The van der Waals surface area contributed by atoms with Crippen molar-refractivity contribution in [3.8, 4) is 11.8 Å². The van der Waals surface area contributed by atoms with Gasteiger partial charge in [-0.2, -0.15) is 5.26 Å². The molecule has 2 aromatic carbocycles. The van der Waals surface area contributed by atoms with Crippen molar-refractivity contribution in [2.24, 2.45) is 0 Å². The second-order valence-corrected chi connectivity index (χ2v) is 7.38. The molecule has 0 fully saturated rings. The Bertz CT molecular complexity index is 1040. The molecule has 0 aliphatic carbocycles. The number of ether oxygens (including phenoxy) is 1. The number of nitrogens with zero attached hydrogens (tertiary/aromatic N) is 3. The van der Waals surface area contributed by atoms with Gasteiger partial charge in [-0.25, -0.2) is 4.98 Å². The van der Waals surface area contributed by atoms with Gasteiger partial charge in [-0.15, -0.1) is 11.3 Å². The van der Waals surface area contributed by atoms with Gasteiger partial charge in [0.1, 0.15) is 5.75 Å². The lowest BCUT2D eigenvalue weighted by Crippen LogP contribution is -2.30. The Balaban J connectivity index is 1.46. The average Bonchev–Trinajstić information content (AvgIpc) is 3.38. The highest BCUT2D eigenvalue weighted by atomic mass is 32.1. The van der Waals surface area contributed by atoms with Crippen molar-refractivity contribution in [3.63, 3.8) is 0 Å². The van der Waals surface area contributed by atoms with Crippen molar-refractivity contribution in [1.29, 1.82) is 5.26 Å². The van der Waals surface area contributed by atoms with E-state index < -0.39 is 6.10 Å². The minimum Gasteiger partial charge on any atom is -0.481 e. The monoisotopic (exact) mass is 390 g/mol. The second-order valence-electron chi connectivity index (χ2n) is 6.50. The molecule has 0 radical (unpaired) electrons. The quantitative estimate of drug-likeness (QED) is 0.714. The number of aromatic nitrogens is 1. The lowest BCUT2D eigenvalue weighted by Gasteiger charge is -2.17. The van der Waals surface area contributed by atoms with Crippen molar-refractivity contribution in [2.45, 2.75) is 26.1 Å². The third-order valence-electron chi connectivity index (χ3n) is 4.58. The van der Waals surface area contributed by atoms with Crippen LogP contribution in [0, 0.1) is 11.3 Å². The van der Waals surface area contributed by atoms with E-state index in [-0.39, 0.29) is 5.91 Å². The van der Waals surface area contributed by atoms with Crippen LogP contribution >= 0.6 is 11.3 Å². The van der Waals surface area contributed by atoms with Crippen molar-refractivity contribution in [2.75, 3.05) is 10.2 Å². The Hall–Kier alpha value is -3.37. The lowest BCUT2D eigenvalue weighted by molar-refractivity contribution is -0.122. The molecule has 7 heteroatoms. The van der Waals surface area contributed by atoms with E-state index in [4.69, 9.17) is 10.00 Å². The van der Waals surface area contributed by atoms with Crippen LogP contribution in [0.25, 0.3) is 0 Å². The first-order chi connectivity index (χ1) is 13.6. The van der Waals surface area contributed by atoms with Gasteiger partial charge >= 0.3 is 0 Å². The van der Waals surface area contributed by atoms with Gasteiger partial charge in [0.25, 0.3) is 5.91 Å². The number of carbonyl (C=O) groups is 1. The highest BCUT2D eigenvalue weighted by Gasteiger charge is 2.25. The third kappa shape index (κ3) is 3.68. The van der Waals surface area contributed by atoms with Gasteiger partial charge in [-0.1, -0.05) is 18.2 Å². The van der Waals surface area contributed by atoms with E-state index in [1.165, 1.54) is 5.56 Å². The van der Waals surface area contributed by atoms with Gasteiger partial charge in [-0.3, -0.25) is 4.79 Å². The van der Waals surface area contributed by atoms with Crippen LogP contribution in [0.3, 0.4) is 0 Å². The maximum Gasteiger partial charge on any atom is 0.265 e. The zero-order valence-corrected chi connectivity index (χ0v) is 16.1. The largest absolute Gasteiger partial charge is 0.481 e. The third-order valence-corrected chi connectivity index (χ3v) is 5.41. The summed E-state index contributed by atoms with van der Waals surface area (Å²) in [5, 5.41) is 14.9. The molecule has 0 spiro atoms. The molecule has 1 atom stereocenters. The summed E-state index contributed by atoms with van der Waals surface area (Å²) in [6.45, 7) is 3.18. The van der Waals surface area contributed by atoms with Crippen molar-refractivity contribution in [3.05, 3.63) is 70.7 Å². The van der Waals surface area contributed by atoms with Crippen molar-refractivity contribution >= 4 is 28.1 Å². The molecular formula is C21H18N4O2S. The summed E-state index contributed by atoms with van der Waals surface area (Å²) in [6.07, 6.45) is 1.10. The Kier molecular flexibility index (Phi) is 4.96. The average molecular weight is 390 g/mol. The topological polar surface area (TPSA) is 78.2 Å². The number of nitriles is 1. The zero-order valence-electron chi connectivity index (χ0n) is 15.3. The lowest BCUT2D eigenvalue weighted by atomic mass is 10.1. The van der Waals surface area contributed by atoms with Crippen LogP contribution in [0.4, 0.5) is 10.8 Å². The summed E-state index contributed by atoms with van der Waals surface area (Å²) in [5.41, 5.74) is 3.57. The number of rotatable bonds is 5. The molecule has 4 rings (SSSR count). The maximum absolute atomic E-state index is 12.7. The molecule has 28 heavy (non-hydrogen) atoms. The first-order valence-electron chi connectivity index (χ1n) is 8.87. The molecule has 3 aromatic rings.